The molecule has 0 bridgehead atoms. The Morgan fingerprint density at radius 3 is 3.08 bits per heavy atom. The number of nitrogens with zero attached hydrogens (tertiary/aromatic N) is 1. The summed E-state index contributed by atoms with van der Waals surface area (Å²) in [5.41, 5.74) is 0.990. The molecular formula is C8H5N2O2-. The molecular weight excluding hydrogens is 156 g/mol. The van der Waals surface area contributed by atoms with Crippen molar-refractivity contribution in [3.05, 3.63) is 30.0 Å². The Labute approximate surface area is 67.8 Å². The number of benzene rings is 1. The van der Waals surface area contributed by atoms with Gasteiger partial charge in [-0.15, -0.1) is 0 Å². The maximum absolute atomic E-state index is 10.4. The predicted octanol–water partition coefficient (Wildman–Crippen LogP) is -0.0736. The first-order valence-corrected chi connectivity index (χ1v) is 3.42. The maximum atomic E-state index is 10.4. The number of fused-ring (bicyclic) bond motifs is 1. The van der Waals surface area contributed by atoms with E-state index in [-0.39, 0.29) is 5.56 Å². The van der Waals surface area contributed by atoms with Crippen LogP contribution in [0.25, 0.3) is 10.9 Å². The van der Waals surface area contributed by atoms with Crippen molar-refractivity contribution < 1.29 is 9.90 Å². The lowest BCUT2D eigenvalue weighted by molar-refractivity contribution is -0.255. The quantitative estimate of drug-likeness (QED) is 0.636. The van der Waals surface area contributed by atoms with Gasteiger partial charge in [0.25, 0.3) is 0 Å². The minimum Gasteiger partial charge on any atom is -0.545 e. The molecule has 1 aromatic heterocycles. The van der Waals surface area contributed by atoms with E-state index in [1.165, 1.54) is 12.1 Å². The molecule has 4 heteroatoms. The van der Waals surface area contributed by atoms with Crippen LogP contribution in [0.15, 0.2) is 24.4 Å². The molecule has 0 spiro atoms. The van der Waals surface area contributed by atoms with Gasteiger partial charge in [0, 0.05) is 5.39 Å². The zero-order valence-electron chi connectivity index (χ0n) is 6.07. The minimum atomic E-state index is -1.17. The molecule has 2 rings (SSSR count). The van der Waals surface area contributed by atoms with Crippen molar-refractivity contribution in [1.29, 1.82) is 0 Å². The number of nitrogens with one attached hydrogen (secondary N) is 1. The smallest absolute Gasteiger partial charge is 0.0715 e. The molecule has 12 heavy (non-hydrogen) atoms. The SMILES string of the molecule is O=C([O-])c1ccc2[nH]ncc2c1. The summed E-state index contributed by atoms with van der Waals surface area (Å²) in [5.74, 6) is -1.17. The highest BCUT2D eigenvalue weighted by Gasteiger charge is 1.97. The number of carbonyl (C=O) groups is 1. The summed E-state index contributed by atoms with van der Waals surface area (Å²) in [6.07, 6.45) is 1.57. The molecule has 0 aliphatic rings. The van der Waals surface area contributed by atoms with Crippen molar-refractivity contribution in [1.82, 2.24) is 10.2 Å². The van der Waals surface area contributed by atoms with Gasteiger partial charge in [0.2, 0.25) is 0 Å². The summed E-state index contributed by atoms with van der Waals surface area (Å²) in [6.45, 7) is 0. The van der Waals surface area contributed by atoms with E-state index in [9.17, 15) is 9.90 Å². The van der Waals surface area contributed by atoms with E-state index in [0.717, 1.165) is 10.9 Å². The number of rotatable bonds is 1. The molecule has 2 aromatic rings. The molecule has 0 aliphatic heterocycles. The van der Waals surface area contributed by atoms with E-state index >= 15 is 0 Å². The number of aromatic nitrogens is 2. The number of H-pyrrole nitrogens is 1. The monoisotopic (exact) mass is 161 g/mol. The third-order valence-electron chi connectivity index (χ3n) is 1.68. The number of hydrogen-bond donors (Lipinski definition) is 1. The second kappa shape index (κ2) is 2.34. The Morgan fingerprint density at radius 2 is 2.33 bits per heavy atom. The van der Waals surface area contributed by atoms with Crippen molar-refractivity contribution in [3.8, 4) is 0 Å². The molecule has 0 aliphatic carbocycles. The fourth-order valence-electron chi connectivity index (χ4n) is 1.07. The molecule has 1 aromatic carbocycles. The average molecular weight is 161 g/mol. The fraction of sp³-hybridized carbons (Fsp3) is 0. The molecule has 0 radical (unpaired) electrons. The third-order valence-corrected chi connectivity index (χ3v) is 1.68. The van der Waals surface area contributed by atoms with Gasteiger partial charge in [0.05, 0.1) is 17.7 Å². The first kappa shape index (κ1) is 6.84. The minimum absolute atomic E-state index is 0.170. The van der Waals surface area contributed by atoms with Crippen molar-refractivity contribution in [2.45, 2.75) is 0 Å². The molecule has 0 unspecified atom stereocenters. The normalized spacial score (nSPS) is 10.3. The van der Waals surface area contributed by atoms with E-state index in [1.807, 2.05) is 0 Å². The Balaban J connectivity index is 2.68. The van der Waals surface area contributed by atoms with Gasteiger partial charge in [-0.05, 0) is 17.7 Å². The number of carbonyl (C=O) groups excluding carboxylic acids is 1. The summed E-state index contributed by atoms with van der Waals surface area (Å²) < 4.78 is 0. The first-order valence-electron chi connectivity index (χ1n) is 3.42. The van der Waals surface area contributed by atoms with Crippen molar-refractivity contribution in [3.63, 3.8) is 0 Å². The van der Waals surface area contributed by atoms with Crippen LogP contribution in [0.1, 0.15) is 10.4 Å². The zero-order chi connectivity index (χ0) is 8.55. The van der Waals surface area contributed by atoms with Gasteiger partial charge in [-0.25, -0.2) is 0 Å². The Kier molecular flexibility index (Phi) is 1.33. The second-order valence-corrected chi connectivity index (χ2v) is 2.46. The van der Waals surface area contributed by atoms with Crippen LogP contribution in [0.3, 0.4) is 0 Å². The van der Waals surface area contributed by atoms with Crippen LogP contribution < -0.4 is 5.11 Å². The Hall–Kier alpha value is -1.84. The molecule has 0 saturated carbocycles. The number of aromatic amines is 1. The summed E-state index contributed by atoms with van der Waals surface area (Å²) in [5, 5.41) is 17.7. The lowest BCUT2D eigenvalue weighted by Crippen LogP contribution is -2.21. The highest BCUT2D eigenvalue weighted by atomic mass is 16.4. The molecule has 0 atom stereocenters. The number of aromatic carboxylic acids is 1. The summed E-state index contributed by atoms with van der Waals surface area (Å²) in [7, 11) is 0. The van der Waals surface area contributed by atoms with Gasteiger partial charge >= 0.3 is 0 Å². The Morgan fingerprint density at radius 1 is 1.50 bits per heavy atom. The van der Waals surface area contributed by atoms with Crippen LogP contribution in [0.5, 0.6) is 0 Å². The van der Waals surface area contributed by atoms with E-state index in [2.05, 4.69) is 10.2 Å². The van der Waals surface area contributed by atoms with Gasteiger partial charge in [-0.3, -0.25) is 5.10 Å². The van der Waals surface area contributed by atoms with Crippen molar-refractivity contribution in [2.75, 3.05) is 0 Å². The fourth-order valence-corrected chi connectivity index (χ4v) is 1.07. The largest absolute Gasteiger partial charge is 0.545 e. The lowest BCUT2D eigenvalue weighted by atomic mass is 10.2. The average Bonchev–Trinajstić information content (AvgIpc) is 2.49. The number of hydrogen-bond acceptors (Lipinski definition) is 3. The van der Waals surface area contributed by atoms with Crippen LogP contribution in [-0.2, 0) is 0 Å². The molecule has 1 N–H and O–H groups in total. The predicted molar refractivity (Wildman–Crippen MR) is 40.4 cm³/mol. The van der Waals surface area contributed by atoms with Gasteiger partial charge in [-0.1, -0.05) is 6.07 Å². The highest BCUT2D eigenvalue weighted by molar-refractivity contribution is 5.91. The third kappa shape index (κ3) is 0.934. The van der Waals surface area contributed by atoms with Crippen LogP contribution in [0.4, 0.5) is 0 Å². The molecule has 1 heterocycles. The van der Waals surface area contributed by atoms with Crippen LogP contribution in [-0.4, -0.2) is 16.2 Å². The van der Waals surface area contributed by atoms with Gasteiger partial charge in [-0.2, -0.15) is 5.10 Å². The maximum Gasteiger partial charge on any atom is 0.0715 e. The van der Waals surface area contributed by atoms with Crippen LogP contribution in [0, 0.1) is 0 Å². The molecule has 0 fully saturated rings. The van der Waals surface area contributed by atoms with Gasteiger partial charge < -0.3 is 9.90 Å². The van der Waals surface area contributed by atoms with E-state index in [0.29, 0.717) is 0 Å². The number of carboxylic acids is 1. The highest BCUT2D eigenvalue weighted by Crippen LogP contribution is 2.11. The number of carboxylic acid groups (broad SMARTS) is 1. The van der Waals surface area contributed by atoms with Crippen LogP contribution in [0.2, 0.25) is 0 Å². The summed E-state index contributed by atoms with van der Waals surface area (Å²) >= 11 is 0. The standard InChI is InChI=1S/C8H6N2O2/c11-8(12)5-1-2-7-6(3-5)4-9-10-7/h1-4H,(H,9,10)(H,11,12)/p-1. The summed E-state index contributed by atoms with van der Waals surface area (Å²) in [4.78, 5) is 10.4. The molecule has 60 valence electrons. The zero-order valence-corrected chi connectivity index (χ0v) is 6.07. The second-order valence-electron chi connectivity index (χ2n) is 2.46. The molecule has 0 saturated heterocycles. The lowest BCUT2D eigenvalue weighted by Gasteiger charge is -2.00. The van der Waals surface area contributed by atoms with E-state index in [1.54, 1.807) is 12.3 Å². The van der Waals surface area contributed by atoms with Crippen molar-refractivity contribution in [2.24, 2.45) is 0 Å². The van der Waals surface area contributed by atoms with E-state index in [4.69, 9.17) is 0 Å². The molecule has 0 amide bonds. The van der Waals surface area contributed by atoms with Crippen LogP contribution >= 0.6 is 0 Å². The van der Waals surface area contributed by atoms with Gasteiger partial charge in [0.1, 0.15) is 0 Å². The molecule has 4 nitrogen and oxygen atoms in total. The summed E-state index contributed by atoms with van der Waals surface area (Å²) in [6, 6.07) is 4.66. The van der Waals surface area contributed by atoms with E-state index < -0.39 is 5.97 Å². The Bertz CT molecular complexity index is 433. The first-order chi connectivity index (χ1) is 5.77. The van der Waals surface area contributed by atoms with Crippen molar-refractivity contribution >= 4 is 16.9 Å². The van der Waals surface area contributed by atoms with Gasteiger partial charge in [0.15, 0.2) is 0 Å². The topological polar surface area (TPSA) is 68.8 Å².